The zero-order valence-electron chi connectivity index (χ0n) is 9.17. The Balaban J connectivity index is 2.79. The number of aromatic hydroxyl groups is 1. The van der Waals surface area contributed by atoms with E-state index >= 15 is 0 Å². The maximum absolute atomic E-state index is 11.5. The molecule has 0 atom stereocenters. The Bertz CT molecular complexity index is 523. The predicted molar refractivity (Wildman–Crippen MR) is 62.5 cm³/mol. The molecule has 0 radical (unpaired) electrons. The molecule has 0 aromatic heterocycles. The fourth-order valence-electron chi connectivity index (χ4n) is 1.20. The number of rotatable bonds is 5. The van der Waals surface area contributed by atoms with Crippen LogP contribution in [0.4, 0.5) is 5.69 Å². The van der Waals surface area contributed by atoms with Crippen molar-refractivity contribution in [1.82, 2.24) is 0 Å². The van der Waals surface area contributed by atoms with Crippen molar-refractivity contribution in [2.45, 2.75) is 13.3 Å². The first-order valence-corrected chi connectivity index (χ1v) is 6.47. The number of phenols is 1. The van der Waals surface area contributed by atoms with Crippen LogP contribution in [-0.2, 0) is 14.8 Å². The number of carboxylic acid groups (broad SMARTS) is 1. The smallest absolute Gasteiger partial charge is 0.304 e. The molecule has 0 heterocycles. The first-order valence-electron chi connectivity index (χ1n) is 4.82. The molecule has 1 aromatic rings. The first-order chi connectivity index (χ1) is 7.80. The van der Waals surface area contributed by atoms with Crippen LogP contribution in [-0.4, -0.2) is 30.4 Å². The summed E-state index contributed by atoms with van der Waals surface area (Å²) in [6.45, 7) is 1.63. The highest BCUT2D eigenvalue weighted by Gasteiger charge is 2.13. The van der Waals surface area contributed by atoms with E-state index in [-0.39, 0.29) is 5.75 Å². The molecule has 0 aliphatic heterocycles. The summed E-state index contributed by atoms with van der Waals surface area (Å²) in [7, 11) is -3.68. The number of benzene rings is 1. The Morgan fingerprint density at radius 2 is 2.06 bits per heavy atom. The van der Waals surface area contributed by atoms with Crippen LogP contribution in [0, 0.1) is 6.92 Å². The minimum absolute atomic E-state index is 0.0379. The van der Waals surface area contributed by atoms with Crippen molar-refractivity contribution < 1.29 is 23.4 Å². The molecule has 0 saturated carbocycles. The summed E-state index contributed by atoms with van der Waals surface area (Å²) in [5.41, 5.74) is 0.886. The summed E-state index contributed by atoms with van der Waals surface area (Å²) >= 11 is 0. The van der Waals surface area contributed by atoms with E-state index in [2.05, 4.69) is 4.72 Å². The van der Waals surface area contributed by atoms with Gasteiger partial charge in [0.2, 0.25) is 10.0 Å². The summed E-state index contributed by atoms with van der Waals surface area (Å²) in [6.07, 6.45) is -0.452. The normalized spacial score (nSPS) is 11.1. The maximum Gasteiger partial charge on any atom is 0.304 e. The SMILES string of the molecule is Cc1cc(O)ccc1NS(=O)(=O)CCC(=O)O. The number of hydrogen-bond donors (Lipinski definition) is 3. The average Bonchev–Trinajstić information content (AvgIpc) is 2.20. The minimum Gasteiger partial charge on any atom is -0.508 e. The van der Waals surface area contributed by atoms with Crippen molar-refractivity contribution in [1.29, 1.82) is 0 Å². The highest BCUT2D eigenvalue weighted by molar-refractivity contribution is 7.92. The van der Waals surface area contributed by atoms with Gasteiger partial charge in [-0.05, 0) is 30.7 Å². The van der Waals surface area contributed by atoms with Gasteiger partial charge in [-0.3, -0.25) is 9.52 Å². The molecular weight excluding hydrogens is 246 g/mol. The first kappa shape index (κ1) is 13.3. The van der Waals surface area contributed by atoms with E-state index in [1.807, 2.05) is 0 Å². The van der Waals surface area contributed by atoms with Crippen LogP contribution in [0.1, 0.15) is 12.0 Å². The highest BCUT2D eigenvalue weighted by atomic mass is 32.2. The second kappa shape index (κ2) is 5.05. The molecule has 0 saturated heterocycles. The Hall–Kier alpha value is -1.76. The van der Waals surface area contributed by atoms with Gasteiger partial charge in [0, 0.05) is 0 Å². The minimum atomic E-state index is -3.68. The Kier molecular flexibility index (Phi) is 3.95. The predicted octanol–water partition coefficient (Wildman–Crippen LogP) is 0.917. The number of hydrogen-bond acceptors (Lipinski definition) is 4. The zero-order valence-corrected chi connectivity index (χ0v) is 9.99. The van der Waals surface area contributed by atoms with E-state index in [0.29, 0.717) is 11.3 Å². The molecule has 0 aliphatic carbocycles. The van der Waals surface area contributed by atoms with Crippen molar-refractivity contribution >= 4 is 21.7 Å². The van der Waals surface area contributed by atoms with Gasteiger partial charge in [0.1, 0.15) is 5.75 Å². The van der Waals surface area contributed by atoms with E-state index in [1.165, 1.54) is 18.2 Å². The summed E-state index contributed by atoms with van der Waals surface area (Å²) in [5.74, 6) is -1.61. The summed E-state index contributed by atoms with van der Waals surface area (Å²) in [5, 5.41) is 17.6. The molecular formula is C10H13NO5S. The lowest BCUT2D eigenvalue weighted by Gasteiger charge is -2.09. The third-order valence-electron chi connectivity index (χ3n) is 2.06. The number of carboxylic acids is 1. The summed E-state index contributed by atoms with van der Waals surface area (Å²) < 4.78 is 25.3. The monoisotopic (exact) mass is 259 g/mol. The van der Waals surface area contributed by atoms with Gasteiger partial charge in [0.25, 0.3) is 0 Å². The van der Waals surface area contributed by atoms with Crippen LogP contribution in [0.25, 0.3) is 0 Å². The highest BCUT2D eigenvalue weighted by Crippen LogP contribution is 2.21. The molecule has 17 heavy (non-hydrogen) atoms. The maximum atomic E-state index is 11.5. The number of carbonyl (C=O) groups is 1. The number of aryl methyl sites for hydroxylation is 1. The lowest BCUT2D eigenvalue weighted by atomic mass is 10.2. The van der Waals surface area contributed by atoms with Gasteiger partial charge in [-0.25, -0.2) is 8.42 Å². The molecule has 1 aromatic carbocycles. The second-order valence-corrected chi connectivity index (χ2v) is 5.41. The number of aliphatic carboxylic acids is 1. The van der Waals surface area contributed by atoms with E-state index < -0.39 is 28.2 Å². The van der Waals surface area contributed by atoms with Crippen LogP contribution in [0.2, 0.25) is 0 Å². The van der Waals surface area contributed by atoms with Crippen LogP contribution in [0.3, 0.4) is 0 Å². The molecule has 0 amide bonds. The van der Waals surface area contributed by atoms with Gasteiger partial charge >= 0.3 is 5.97 Å². The van der Waals surface area contributed by atoms with E-state index in [0.717, 1.165) is 0 Å². The number of phenolic OH excluding ortho intramolecular Hbond substituents is 1. The standard InChI is InChI=1S/C10H13NO5S/c1-7-6-8(12)2-3-9(7)11-17(15,16)5-4-10(13)14/h2-3,6,11-12H,4-5H2,1H3,(H,13,14). The van der Waals surface area contributed by atoms with E-state index in [1.54, 1.807) is 6.92 Å². The summed E-state index contributed by atoms with van der Waals surface area (Å²) in [4.78, 5) is 10.3. The fourth-order valence-corrected chi connectivity index (χ4v) is 2.31. The lowest BCUT2D eigenvalue weighted by Crippen LogP contribution is -2.19. The zero-order chi connectivity index (χ0) is 13.1. The molecule has 0 aliphatic rings. The molecule has 3 N–H and O–H groups in total. The van der Waals surface area contributed by atoms with Gasteiger partial charge in [0.15, 0.2) is 0 Å². The van der Waals surface area contributed by atoms with Gasteiger partial charge < -0.3 is 10.2 Å². The van der Waals surface area contributed by atoms with Crippen LogP contribution in [0.5, 0.6) is 5.75 Å². The van der Waals surface area contributed by atoms with Crippen molar-refractivity contribution in [3.8, 4) is 5.75 Å². The largest absolute Gasteiger partial charge is 0.508 e. The third-order valence-corrected chi connectivity index (χ3v) is 3.33. The number of nitrogens with one attached hydrogen (secondary N) is 1. The summed E-state index contributed by atoms with van der Waals surface area (Å²) in [6, 6.07) is 4.18. The van der Waals surface area contributed by atoms with Crippen LogP contribution >= 0.6 is 0 Å². The quantitative estimate of drug-likeness (QED) is 0.682. The van der Waals surface area contributed by atoms with E-state index in [9.17, 15) is 13.2 Å². The number of anilines is 1. The van der Waals surface area contributed by atoms with Crippen molar-refractivity contribution in [3.05, 3.63) is 23.8 Å². The third kappa shape index (κ3) is 4.31. The lowest BCUT2D eigenvalue weighted by molar-refractivity contribution is -0.136. The molecule has 0 bridgehead atoms. The molecule has 0 spiro atoms. The molecule has 1 rings (SSSR count). The molecule has 6 nitrogen and oxygen atoms in total. The average molecular weight is 259 g/mol. The van der Waals surface area contributed by atoms with Gasteiger partial charge in [-0.1, -0.05) is 0 Å². The number of sulfonamides is 1. The molecule has 7 heteroatoms. The Morgan fingerprint density at radius 1 is 1.41 bits per heavy atom. The van der Waals surface area contributed by atoms with E-state index in [4.69, 9.17) is 10.2 Å². The Morgan fingerprint density at radius 3 is 2.59 bits per heavy atom. The van der Waals surface area contributed by atoms with Gasteiger partial charge in [-0.2, -0.15) is 0 Å². The van der Waals surface area contributed by atoms with Crippen molar-refractivity contribution in [2.24, 2.45) is 0 Å². The topological polar surface area (TPSA) is 104 Å². The Labute approximate surface area is 99.0 Å². The molecule has 0 fully saturated rings. The fraction of sp³-hybridized carbons (Fsp3) is 0.300. The van der Waals surface area contributed by atoms with Crippen molar-refractivity contribution in [3.63, 3.8) is 0 Å². The molecule has 0 unspecified atom stereocenters. The second-order valence-electron chi connectivity index (χ2n) is 3.56. The van der Waals surface area contributed by atoms with Crippen molar-refractivity contribution in [2.75, 3.05) is 10.5 Å². The molecule has 94 valence electrons. The van der Waals surface area contributed by atoms with Crippen LogP contribution in [0.15, 0.2) is 18.2 Å². The van der Waals surface area contributed by atoms with Gasteiger partial charge in [0.05, 0.1) is 17.9 Å². The van der Waals surface area contributed by atoms with Crippen LogP contribution < -0.4 is 4.72 Å². The van der Waals surface area contributed by atoms with Gasteiger partial charge in [-0.15, -0.1) is 0 Å².